The molecule has 0 spiro atoms. The van der Waals surface area contributed by atoms with Gasteiger partial charge in [0, 0.05) is 57.8 Å². The third-order valence-corrected chi connectivity index (χ3v) is 5.15. The summed E-state index contributed by atoms with van der Waals surface area (Å²) in [5.41, 5.74) is 1.26. The van der Waals surface area contributed by atoms with Gasteiger partial charge in [0.2, 0.25) is 0 Å². The van der Waals surface area contributed by atoms with Crippen molar-refractivity contribution < 1.29 is 19.7 Å². The molecule has 1 heterocycles. The van der Waals surface area contributed by atoms with Crippen molar-refractivity contribution in [2.75, 3.05) is 0 Å². The molecular formula is C24H17Cl2N3O6. The minimum Gasteiger partial charge on any atom is -0.457 e. The molecular weight excluding hydrogens is 497 g/mol. The van der Waals surface area contributed by atoms with Crippen LogP contribution in [0.2, 0.25) is 10.0 Å². The maximum atomic E-state index is 10.5. The average Bonchev–Trinajstić information content (AvgIpc) is 2.85. The van der Waals surface area contributed by atoms with Crippen molar-refractivity contribution >= 4 is 34.6 Å². The fraction of sp³-hybridized carbons (Fsp3) is 0.0417. The number of ether oxygens (including phenoxy) is 1. The molecule has 35 heavy (non-hydrogen) atoms. The van der Waals surface area contributed by atoms with E-state index < -0.39 is 16.0 Å². The molecule has 1 N–H and O–H groups in total. The number of aromatic nitrogens is 1. The van der Waals surface area contributed by atoms with Crippen molar-refractivity contribution in [3.8, 4) is 11.5 Å². The van der Waals surface area contributed by atoms with E-state index in [2.05, 4.69) is 4.98 Å². The summed E-state index contributed by atoms with van der Waals surface area (Å²) >= 11 is 11.8. The summed E-state index contributed by atoms with van der Waals surface area (Å²) in [5.74, 6) is 0.832. The highest BCUT2D eigenvalue weighted by Crippen LogP contribution is 2.30. The Morgan fingerprint density at radius 3 is 1.80 bits per heavy atom. The van der Waals surface area contributed by atoms with Crippen LogP contribution in [-0.4, -0.2) is 19.9 Å². The Morgan fingerprint density at radius 2 is 1.37 bits per heavy atom. The third-order valence-electron chi connectivity index (χ3n) is 4.59. The largest absolute Gasteiger partial charge is 0.457 e. The molecule has 178 valence electrons. The number of nitrogens with zero attached hydrogens (tertiary/aromatic N) is 3. The minimum absolute atomic E-state index is 0.0314. The zero-order valence-electron chi connectivity index (χ0n) is 17.8. The lowest BCUT2D eigenvalue weighted by Gasteiger charge is -2.12. The van der Waals surface area contributed by atoms with Gasteiger partial charge in [-0.3, -0.25) is 25.2 Å². The molecule has 3 aromatic carbocycles. The Hall–Kier alpha value is -4.05. The van der Waals surface area contributed by atoms with Crippen LogP contribution in [0.15, 0.2) is 91.3 Å². The van der Waals surface area contributed by atoms with Gasteiger partial charge in [-0.2, -0.15) is 0 Å². The topological polar surface area (TPSA) is 129 Å². The van der Waals surface area contributed by atoms with Crippen LogP contribution < -0.4 is 4.74 Å². The molecule has 1 aromatic heterocycles. The molecule has 9 nitrogen and oxygen atoms in total. The molecule has 1 atom stereocenters. The summed E-state index contributed by atoms with van der Waals surface area (Å²) < 4.78 is 5.40. The Morgan fingerprint density at radius 1 is 0.829 bits per heavy atom. The highest BCUT2D eigenvalue weighted by atomic mass is 35.5. The lowest BCUT2D eigenvalue weighted by atomic mass is 10.0. The van der Waals surface area contributed by atoms with E-state index in [1.807, 2.05) is 0 Å². The van der Waals surface area contributed by atoms with Crippen molar-refractivity contribution in [2.24, 2.45) is 0 Å². The second kappa shape index (κ2) is 11.9. The van der Waals surface area contributed by atoms with Crippen LogP contribution in [-0.2, 0) is 0 Å². The van der Waals surface area contributed by atoms with Crippen LogP contribution >= 0.6 is 23.2 Å². The standard InChI is InChI=1S/C12H9Cl2NO.C12H8N2O5/c13-9-3-4-10(11(14)6-9)12(16)8-2-1-5-15-7-8;15-13(16)9-1-5-11(6-2-9)19-12-7-3-10(4-8-12)14(17)18/h1-7,12,16H;1-8H. The first-order valence-electron chi connectivity index (χ1n) is 9.94. The van der Waals surface area contributed by atoms with Crippen LogP contribution in [0.4, 0.5) is 11.4 Å². The molecule has 11 heteroatoms. The Kier molecular flexibility index (Phi) is 8.69. The second-order valence-corrected chi connectivity index (χ2v) is 7.80. The van der Waals surface area contributed by atoms with E-state index in [-0.39, 0.29) is 11.4 Å². The highest BCUT2D eigenvalue weighted by Gasteiger charge is 2.14. The SMILES string of the molecule is O=[N+]([O-])c1ccc(Oc2ccc([N+](=O)[O-])cc2)cc1.OC(c1cccnc1)c1ccc(Cl)cc1Cl. The van der Waals surface area contributed by atoms with E-state index in [1.54, 1.807) is 42.7 Å². The zero-order valence-corrected chi connectivity index (χ0v) is 19.3. The average molecular weight is 514 g/mol. The number of hydrogen-bond acceptors (Lipinski definition) is 7. The van der Waals surface area contributed by atoms with Gasteiger partial charge < -0.3 is 9.84 Å². The molecule has 0 saturated heterocycles. The summed E-state index contributed by atoms with van der Waals surface area (Å²) in [6.07, 6.45) is 2.48. The summed E-state index contributed by atoms with van der Waals surface area (Å²) in [6.45, 7) is 0. The number of aliphatic hydroxyl groups excluding tert-OH is 1. The lowest BCUT2D eigenvalue weighted by Crippen LogP contribution is -2.00. The molecule has 0 aliphatic carbocycles. The lowest BCUT2D eigenvalue weighted by molar-refractivity contribution is -0.385. The first-order valence-corrected chi connectivity index (χ1v) is 10.7. The molecule has 0 bridgehead atoms. The van der Waals surface area contributed by atoms with Crippen molar-refractivity contribution in [1.82, 2.24) is 4.98 Å². The third kappa shape index (κ3) is 7.21. The van der Waals surface area contributed by atoms with Crippen LogP contribution in [0, 0.1) is 20.2 Å². The van der Waals surface area contributed by atoms with Gasteiger partial charge in [-0.05, 0) is 42.5 Å². The maximum Gasteiger partial charge on any atom is 0.269 e. The van der Waals surface area contributed by atoms with E-state index in [0.29, 0.717) is 32.7 Å². The van der Waals surface area contributed by atoms with E-state index in [4.69, 9.17) is 27.9 Å². The summed E-state index contributed by atoms with van der Waals surface area (Å²) in [4.78, 5) is 23.9. The van der Waals surface area contributed by atoms with Crippen molar-refractivity contribution in [3.63, 3.8) is 0 Å². The maximum absolute atomic E-state index is 10.5. The minimum atomic E-state index is -0.779. The molecule has 0 radical (unpaired) electrons. The normalized spacial score (nSPS) is 11.1. The van der Waals surface area contributed by atoms with Gasteiger partial charge in [0.1, 0.15) is 17.6 Å². The van der Waals surface area contributed by atoms with E-state index in [1.165, 1.54) is 48.5 Å². The first kappa shape index (κ1) is 25.6. The van der Waals surface area contributed by atoms with Crippen molar-refractivity contribution in [3.05, 3.63) is 133 Å². The van der Waals surface area contributed by atoms with Crippen LogP contribution in [0.3, 0.4) is 0 Å². The van der Waals surface area contributed by atoms with E-state index >= 15 is 0 Å². The second-order valence-electron chi connectivity index (χ2n) is 6.96. The van der Waals surface area contributed by atoms with Crippen molar-refractivity contribution in [1.29, 1.82) is 0 Å². The fourth-order valence-electron chi connectivity index (χ4n) is 2.85. The van der Waals surface area contributed by atoms with Gasteiger partial charge in [0.25, 0.3) is 11.4 Å². The van der Waals surface area contributed by atoms with E-state index in [9.17, 15) is 25.3 Å². The summed E-state index contributed by atoms with van der Waals surface area (Å²) in [5, 5.41) is 32.0. The first-order chi connectivity index (χ1) is 16.7. The predicted molar refractivity (Wildman–Crippen MR) is 131 cm³/mol. The van der Waals surface area contributed by atoms with E-state index in [0.717, 1.165) is 0 Å². The van der Waals surface area contributed by atoms with Gasteiger partial charge in [-0.25, -0.2) is 0 Å². The summed E-state index contributed by atoms with van der Waals surface area (Å²) in [7, 11) is 0. The number of benzene rings is 3. The van der Waals surface area contributed by atoms with Gasteiger partial charge in [-0.1, -0.05) is 35.3 Å². The number of pyridine rings is 1. The quantitative estimate of drug-likeness (QED) is 0.222. The number of halogens is 2. The number of nitro benzene ring substituents is 2. The molecule has 4 rings (SSSR count). The smallest absolute Gasteiger partial charge is 0.269 e. The molecule has 1 unspecified atom stereocenters. The van der Waals surface area contributed by atoms with Gasteiger partial charge in [-0.15, -0.1) is 0 Å². The van der Waals surface area contributed by atoms with Gasteiger partial charge in [0.15, 0.2) is 0 Å². The number of nitro groups is 2. The molecule has 0 amide bonds. The molecule has 4 aromatic rings. The van der Waals surface area contributed by atoms with Crippen molar-refractivity contribution in [2.45, 2.75) is 6.10 Å². The Labute approximate surface area is 209 Å². The zero-order chi connectivity index (χ0) is 25.4. The summed E-state index contributed by atoms with van der Waals surface area (Å²) in [6, 6.07) is 19.7. The number of aliphatic hydroxyl groups is 1. The number of non-ortho nitro benzene ring substituents is 2. The number of rotatable bonds is 6. The van der Waals surface area contributed by atoms with Gasteiger partial charge in [0.05, 0.1) is 9.85 Å². The molecule has 0 aliphatic rings. The predicted octanol–water partition coefficient (Wildman–Crippen LogP) is 6.77. The molecule has 0 aliphatic heterocycles. The monoisotopic (exact) mass is 513 g/mol. The van der Waals surface area contributed by atoms with Crippen LogP contribution in [0.25, 0.3) is 0 Å². The number of hydrogen-bond donors (Lipinski definition) is 1. The molecule has 0 fully saturated rings. The molecule has 0 saturated carbocycles. The Bertz CT molecular complexity index is 1250. The van der Waals surface area contributed by atoms with Crippen LogP contribution in [0.1, 0.15) is 17.2 Å². The van der Waals surface area contributed by atoms with Gasteiger partial charge >= 0.3 is 0 Å². The van der Waals surface area contributed by atoms with Crippen LogP contribution in [0.5, 0.6) is 11.5 Å². The Balaban J connectivity index is 0.000000198. The fourth-order valence-corrected chi connectivity index (χ4v) is 3.36. The highest BCUT2D eigenvalue weighted by molar-refractivity contribution is 6.35.